The summed E-state index contributed by atoms with van der Waals surface area (Å²) in [6, 6.07) is 4.63. The molecule has 3 rings (SSSR count). The molecule has 5 heteroatoms. The number of nitrogens with zero attached hydrogens (tertiary/aromatic N) is 2. The summed E-state index contributed by atoms with van der Waals surface area (Å²) in [4.78, 5) is 12.7. The molecule has 0 radical (unpaired) electrons. The standard InChI is InChI=1S/C16H19N3S2/c1-4-6-12(13-7-5-8-20-13)19-15-14-10(2)11(3)21-16(14)18-9-17-15/h5,7-9,12H,4,6H2,1-3H3,(H,17,18,19). The van der Waals surface area contributed by atoms with Gasteiger partial charge >= 0.3 is 0 Å². The topological polar surface area (TPSA) is 37.8 Å². The van der Waals surface area contributed by atoms with Gasteiger partial charge in [0.1, 0.15) is 17.0 Å². The first-order chi connectivity index (χ1) is 10.2. The zero-order chi connectivity index (χ0) is 14.8. The van der Waals surface area contributed by atoms with E-state index in [2.05, 4.69) is 53.6 Å². The predicted molar refractivity (Wildman–Crippen MR) is 92.5 cm³/mol. The number of aryl methyl sites for hydroxylation is 2. The third-order valence-electron chi connectivity index (χ3n) is 3.74. The molecule has 0 aromatic carbocycles. The second-order valence-corrected chi connectivity index (χ2v) is 7.37. The Bertz CT molecular complexity index is 731. The summed E-state index contributed by atoms with van der Waals surface area (Å²) in [5, 5.41) is 6.96. The summed E-state index contributed by atoms with van der Waals surface area (Å²) in [5.74, 6) is 0.966. The van der Waals surface area contributed by atoms with Crippen LogP contribution < -0.4 is 5.32 Å². The highest BCUT2D eigenvalue weighted by Gasteiger charge is 2.17. The van der Waals surface area contributed by atoms with Gasteiger partial charge in [-0.1, -0.05) is 19.4 Å². The van der Waals surface area contributed by atoms with E-state index in [9.17, 15) is 0 Å². The second kappa shape index (κ2) is 6.12. The SMILES string of the molecule is CCCC(Nc1ncnc2sc(C)c(C)c12)c1cccs1. The quantitative estimate of drug-likeness (QED) is 0.691. The van der Waals surface area contributed by atoms with Crippen LogP contribution in [0.3, 0.4) is 0 Å². The Kier molecular flexibility index (Phi) is 4.22. The van der Waals surface area contributed by atoms with Crippen molar-refractivity contribution in [2.24, 2.45) is 0 Å². The molecule has 3 heterocycles. The molecule has 0 spiro atoms. The second-order valence-electron chi connectivity index (χ2n) is 5.19. The molecule has 21 heavy (non-hydrogen) atoms. The maximum absolute atomic E-state index is 4.50. The Labute approximate surface area is 133 Å². The summed E-state index contributed by atoms with van der Waals surface area (Å²) >= 11 is 3.54. The van der Waals surface area contributed by atoms with Crippen LogP contribution in [0.5, 0.6) is 0 Å². The molecule has 0 aliphatic heterocycles. The zero-order valence-electron chi connectivity index (χ0n) is 12.5. The van der Waals surface area contributed by atoms with Crippen molar-refractivity contribution in [1.29, 1.82) is 0 Å². The summed E-state index contributed by atoms with van der Waals surface area (Å²) in [5.41, 5.74) is 1.29. The van der Waals surface area contributed by atoms with Gasteiger partial charge < -0.3 is 5.32 Å². The molecule has 3 aromatic heterocycles. The van der Waals surface area contributed by atoms with Gasteiger partial charge in [0.15, 0.2) is 0 Å². The van der Waals surface area contributed by atoms with Gasteiger partial charge in [0.2, 0.25) is 0 Å². The van der Waals surface area contributed by atoms with Crippen LogP contribution in [0.2, 0.25) is 0 Å². The predicted octanol–water partition coefficient (Wildman–Crippen LogP) is 5.32. The summed E-state index contributed by atoms with van der Waals surface area (Å²) in [6.07, 6.45) is 3.91. The van der Waals surface area contributed by atoms with E-state index in [-0.39, 0.29) is 0 Å². The minimum atomic E-state index is 0.327. The van der Waals surface area contributed by atoms with Crippen LogP contribution in [-0.2, 0) is 0 Å². The van der Waals surface area contributed by atoms with Crippen molar-refractivity contribution in [1.82, 2.24) is 9.97 Å². The molecule has 0 fully saturated rings. The number of rotatable bonds is 5. The minimum Gasteiger partial charge on any atom is -0.362 e. The number of fused-ring (bicyclic) bond motifs is 1. The smallest absolute Gasteiger partial charge is 0.138 e. The Morgan fingerprint density at radius 1 is 1.29 bits per heavy atom. The Morgan fingerprint density at radius 3 is 2.86 bits per heavy atom. The van der Waals surface area contributed by atoms with Gasteiger partial charge in [0.25, 0.3) is 0 Å². The fraction of sp³-hybridized carbons (Fsp3) is 0.375. The van der Waals surface area contributed by atoms with E-state index in [1.807, 2.05) is 0 Å². The molecule has 3 nitrogen and oxygen atoms in total. The molecule has 1 atom stereocenters. The Hall–Kier alpha value is -1.46. The molecule has 0 saturated carbocycles. The molecule has 0 saturated heterocycles. The number of aromatic nitrogens is 2. The lowest BCUT2D eigenvalue weighted by atomic mass is 10.1. The van der Waals surface area contributed by atoms with E-state index >= 15 is 0 Å². The van der Waals surface area contributed by atoms with Crippen LogP contribution in [0.4, 0.5) is 5.82 Å². The molecule has 0 aliphatic rings. The summed E-state index contributed by atoms with van der Waals surface area (Å²) in [6.45, 7) is 6.52. The van der Waals surface area contributed by atoms with Gasteiger partial charge in [0, 0.05) is 9.75 Å². The number of thiophene rings is 2. The summed E-state index contributed by atoms with van der Waals surface area (Å²) in [7, 11) is 0. The van der Waals surface area contributed by atoms with Crippen LogP contribution >= 0.6 is 22.7 Å². The molecule has 3 aromatic rings. The van der Waals surface area contributed by atoms with E-state index < -0.39 is 0 Å². The molecule has 1 unspecified atom stereocenters. The maximum atomic E-state index is 4.50. The molecule has 1 N–H and O–H groups in total. The van der Waals surface area contributed by atoms with Crippen molar-refractivity contribution in [3.8, 4) is 0 Å². The van der Waals surface area contributed by atoms with Crippen molar-refractivity contribution in [2.45, 2.75) is 39.7 Å². The molecular weight excluding hydrogens is 298 g/mol. The number of hydrogen-bond donors (Lipinski definition) is 1. The van der Waals surface area contributed by atoms with Crippen molar-refractivity contribution >= 4 is 38.7 Å². The monoisotopic (exact) mass is 317 g/mol. The van der Waals surface area contributed by atoms with Crippen molar-refractivity contribution in [3.63, 3.8) is 0 Å². The van der Waals surface area contributed by atoms with E-state index in [1.54, 1.807) is 29.0 Å². The maximum Gasteiger partial charge on any atom is 0.138 e. The average Bonchev–Trinajstić information content (AvgIpc) is 3.09. The fourth-order valence-corrected chi connectivity index (χ4v) is 4.33. The molecular formula is C16H19N3S2. The van der Waals surface area contributed by atoms with Gasteiger partial charge in [-0.05, 0) is 37.3 Å². The van der Waals surface area contributed by atoms with Crippen LogP contribution in [0.25, 0.3) is 10.2 Å². The number of hydrogen-bond acceptors (Lipinski definition) is 5. The fourth-order valence-electron chi connectivity index (χ4n) is 2.52. The van der Waals surface area contributed by atoms with Gasteiger partial charge in [-0.25, -0.2) is 9.97 Å². The third-order valence-corrected chi connectivity index (χ3v) is 5.84. The molecule has 110 valence electrons. The lowest BCUT2D eigenvalue weighted by molar-refractivity contribution is 0.685. The number of nitrogens with one attached hydrogen (secondary N) is 1. The lowest BCUT2D eigenvalue weighted by Gasteiger charge is -2.18. The average molecular weight is 317 g/mol. The highest BCUT2D eigenvalue weighted by molar-refractivity contribution is 7.18. The third kappa shape index (κ3) is 2.80. The van der Waals surface area contributed by atoms with Crippen LogP contribution in [0, 0.1) is 13.8 Å². The van der Waals surface area contributed by atoms with E-state index in [0.29, 0.717) is 6.04 Å². The van der Waals surface area contributed by atoms with E-state index in [0.717, 1.165) is 23.5 Å². The highest BCUT2D eigenvalue weighted by atomic mass is 32.1. The molecule has 0 aliphatic carbocycles. The first-order valence-electron chi connectivity index (χ1n) is 7.21. The van der Waals surface area contributed by atoms with E-state index in [1.165, 1.54) is 20.7 Å². The number of anilines is 1. The van der Waals surface area contributed by atoms with Crippen LogP contribution in [0.15, 0.2) is 23.8 Å². The van der Waals surface area contributed by atoms with Gasteiger partial charge in [0.05, 0.1) is 11.4 Å². The van der Waals surface area contributed by atoms with Gasteiger partial charge in [-0.2, -0.15) is 0 Å². The van der Waals surface area contributed by atoms with Crippen LogP contribution in [-0.4, -0.2) is 9.97 Å². The normalized spacial score (nSPS) is 12.7. The van der Waals surface area contributed by atoms with Crippen molar-refractivity contribution in [3.05, 3.63) is 39.2 Å². The van der Waals surface area contributed by atoms with Gasteiger partial charge in [-0.3, -0.25) is 0 Å². The highest BCUT2D eigenvalue weighted by Crippen LogP contribution is 2.35. The Morgan fingerprint density at radius 2 is 2.14 bits per heavy atom. The van der Waals surface area contributed by atoms with E-state index in [4.69, 9.17) is 0 Å². The first-order valence-corrected chi connectivity index (χ1v) is 8.91. The Balaban J connectivity index is 2.00. The summed E-state index contributed by atoms with van der Waals surface area (Å²) < 4.78 is 0. The molecule has 0 amide bonds. The molecule has 0 bridgehead atoms. The van der Waals surface area contributed by atoms with Crippen LogP contribution in [0.1, 0.15) is 41.1 Å². The largest absolute Gasteiger partial charge is 0.362 e. The zero-order valence-corrected chi connectivity index (χ0v) is 14.1. The lowest BCUT2D eigenvalue weighted by Crippen LogP contribution is -2.10. The van der Waals surface area contributed by atoms with Gasteiger partial charge in [-0.15, -0.1) is 22.7 Å². The van der Waals surface area contributed by atoms with Crippen molar-refractivity contribution < 1.29 is 0 Å². The first kappa shape index (κ1) is 14.5. The van der Waals surface area contributed by atoms with Crippen molar-refractivity contribution in [2.75, 3.05) is 5.32 Å². The minimum absolute atomic E-state index is 0.327.